The van der Waals surface area contributed by atoms with Crippen molar-refractivity contribution in [2.75, 3.05) is 39.8 Å². The molecule has 1 amide bonds. The lowest BCUT2D eigenvalue weighted by molar-refractivity contribution is -0.138. The number of carbonyl (C=O) groups excluding carboxylic acids is 1. The van der Waals surface area contributed by atoms with Gasteiger partial charge in [0.15, 0.2) is 0 Å². The number of ether oxygens (including phenoxy) is 1. The third-order valence-corrected chi connectivity index (χ3v) is 5.58. The third-order valence-electron chi connectivity index (χ3n) is 5.58. The summed E-state index contributed by atoms with van der Waals surface area (Å²) in [7, 11) is 1.75. The molecule has 1 aliphatic heterocycles. The van der Waals surface area contributed by atoms with Gasteiger partial charge in [0.1, 0.15) is 0 Å². The average Bonchev–Trinajstić information content (AvgIpc) is 2.68. The van der Waals surface area contributed by atoms with Gasteiger partial charge in [-0.25, -0.2) is 0 Å². The lowest BCUT2D eigenvalue weighted by Gasteiger charge is -2.34. The van der Waals surface area contributed by atoms with E-state index in [0.717, 1.165) is 0 Å². The maximum atomic E-state index is 12.9. The monoisotopic (exact) mass is 374 g/mol. The summed E-state index contributed by atoms with van der Waals surface area (Å²) in [5, 5.41) is 8.87. The molecule has 0 radical (unpaired) electrons. The Morgan fingerprint density at radius 3 is 2.56 bits per heavy atom. The number of carboxylic acids is 1. The average molecular weight is 374 g/mol. The van der Waals surface area contributed by atoms with Crippen molar-refractivity contribution < 1.29 is 19.4 Å². The zero-order valence-corrected chi connectivity index (χ0v) is 16.1. The molecule has 1 aromatic carbocycles. The van der Waals surface area contributed by atoms with Gasteiger partial charge in [0.05, 0.1) is 19.3 Å². The van der Waals surface area contributed by atoms with Crippen LogP contribution < -0.4 is 0 Å². The molecule has 148 valence electrons. The molecule has 1 aromatic rings. The van der Waals surface area contributed by atoms with Gasteiger partial charge in [-0.2, -0.15) is 0 Å². The Hall–Kier alpha value is -1.92. The first-order chi connectivity index (χ1) is 13.0. The highest BCUT2D eigenvalue weighted by Gasteiger charge is 2.26. The van der Waals surface area contributed by atoms with Crippen LogP contribution in [0, 0.1) is 0 Å². The van der Waals surface area contributed by atoms with E-state index in [0.29, 0.717) is 37.7 Å². The molecular weight excluding hydrogens is 344 g/mol. The highest BCUT2D eigenvalue weighted by Crippen LogP contribution is 2.32. The van der Waals surface area contributed by atoms with Crippen LogP contribution in [-0.2, 0) is 9.53 Å². The zero-order valence-electron chi connectivity index (χ0n) is 16.1. The number of likely N-dealkylation sites (N-methyl/N-ethyl adjacent to an activating group) is 1. The molecule has 1 aliphatic carbocycles. The molecule has 2 aliphatic rings. The Balaban J connectivity index is 1.57. The molecule has 0 spiro atoms. The number of hydrogen-bond acceptors (Lipinski definition) is 4. The number of hydrogen-bond donors (Lipinski definition) is 1. The number of aliphatic carboxylic acids is 1. The number of amides is 1. The van der Waals surface area contributed by atoms with Crippen LogP contribution in [0.25, 0.3) is 0 Å². The molecule has 0 bridgehead atoms. The predicted molar refractivity (Wildman–Crippen MR) is 103 cm³/mol. The first kappa shape index (κ1) is 19.8. The van der Waals surface area contributed by atoms with Crippen molar-refractivity contribution in [2.24, 2.45) is 0 Å². The van der Waals surface area contributed by atoms with Crippen LogP contribution in [0.1, 0.15) is 53.9 Å². The van der Waals surface area contributed by atoms with E-state index >= 15 is 0 Å². The molecule has 3 rings (SSSR count). The van der Waals surface area contributed by atoms with E-state index in [1.807, 2.05) is 17.0 Å². The summed E-state index contributed by atoms with van der Waals surface area (Å²) in [6.07, 6.45) is 6.29. The maximum absolute atomic E-state index is 12.9. The first-order valence-corrected chi connectivity index (χ1v) is 9.94. The van der Waals surface area contributed by atoms with E-state index in [1.54, 1.807) is 11.9 Å². The SMILES string of the molecule is CN(CC(=O)O)C[C@@H]1CN(C(=O)c2ccc(C3CCCCC3)cc2)CCO1. The molecule has 1 heterocycles. The van der Waals surface area contributed by atoms with Crippen LogP contribution in [0.2, 0.25) is 0 Å². The van der Waals surface area contributed by atoms with Crippen molar-refractivity contribution in [3.63, 3.8) is 0 Å². The number of nitrogens with zero attached hydrogens (tertiary/aromatic N) is 2. The Kier molecular flexibility index (Phi) is 6.85. The normalized spacial score (nSPS) is 21.4. The van der Waals surface area contributed by atoms with Crippen molar-refractivity contribution in [1.82, 2.24) is 9.80 Å². The minimum Gasteiger partial charge on any atom is -0.480 e. The Morgan fingerprint density at radius 2 is 1.89 bits per heavy atom. The Morgan fingerprint density at radius 1 is 1.19 bits per heavy atom. The van der Waals surface area contributed by atoms with Gasteiger partial charge in [0.2, 0.25) is 0 Å². The first-order valence-electron chi connectivity index (χ1n) is 9.94. The second-order valence-electron chi connectivity index (χ2n) is 7.79. The molecule has 2 fully saturated rings. The fourth-order valence-corrected chi connectivity index (χ4v) is 4.17. The fraction of sp³-hybridized carbons (Fsp3) is 0.619. The summed E-state index contributed by atoms with van der Waals surface area (Å²) < 4.78 is 5.72. The van der Waals surface area contributed by atoms with Crippen LogP contribution in [0.15, 0.2) is 24.3 Å². The van der Waals surface area contributed by atoms with Crippen molar-refractivity contribution in [3.05, 3.63) is 35.4 Å². The lowest BCUT2D eigenvalue weighted by atomic mass is 9.84. The van der Waals surface area contributed by atoms with Gasteiger partial charge in [0.25, 0.3) is 5.91 Å². The van der Waals surface area contributed by atoms with Gasteiger partial charge < -0.3 is 14.7 Å². The van der Waals surface area contributed by atoms with Gasteiger partial charge in [-0.1, -0.05) is 31.4 Å². The zero-order chi connectivity index (χ0) is 19.2. The molecule has 27 heavy (non-hydrogen) atoms. The summed E-state index contributed by atoms with van der Waals surface area (Å²) >= 11 is 0. The number of morpholine rings is 1. The number of carbonyl (C=O) groups is 2. The molecule has 6 nitrogen and oxygen atoms in total. The van der Waals surface area contributed by atoms with Crippen LogP contribution in [0.5, 0.6) is 0 Å². The van der Waals surface area contributed by atoms with E-state index < -0.39 is 5.97 Å². The Labute approximate surface area is 161 Å². The van der Waals surface area contributed by atoms with Gasteiger partial charge in [-0.15, -0.1) is 0 Å². The standard InChI is InChI=1S/C21H30N2O4/c1-22(15-20(24)25)13-19-14-23(11-12-27-19)21(26)18-9-7-17(8-10-18)16-5-3-2-4-6-16/h7-10,16,19H,2-6,11-15H2,1H3,(H,24,25)/t19-/m1/s1. The van der Waals surface area contributed by atoms with Crippen LogP contribution in [0.3, 0.4) is 0 Å². The smallest absolute Gasteiger partial charge is 0.317 e. The Bertz CT molecular complexity index is 640. The summed E-state index contributed by atoms with van der Waals surface area (Å²) in [6.45, 7) is 2.01. The summed E-state index contributed by atoms with van der Waals surface area (Å²) in [4.78, 5) is 27.2. The highest BCUT2D eigenvalue weighted by atomic mass is 16.5. The van der Waals surface area contributed by atoms with Crippen molar-refractivity contribution >= 4 is 11.9 Å². The molecular formula is C21H30N2O4. The van der Waals surface area contributed by atoms with Crippen LogP contribution in [0.4, 0.5) is 0 Å². The van der Waals surface area contributed by atoms with E-state index in [9.17, 15) is 9.59 Å². The molecule has 1 saturated heterocycles. The lowest BCUT2D eigenvalue weighted by Crippen LogP contribution is -2.49. The molecule has 1 saturated carbocycles. The van der Waals surface area contributed by atoms with E-state index in [1.165, 1.54) is 37.7 Å². The van der Waals surface area contributed by atoms with Gasteiger partial charge in [0, 0.05) is 25.2 Å². The highest BCUT2D eigenvalue weighted by molar-refractivity contribution is 5.94. The number of benzene rings is 1. The topological polar surface area (TPSA) is 70.1 Å². The summed E-state index contributed by atoms with van der Waals surface area (Å²) in [5.41, 5.74) is 2.07. The fourth-order valence-electron chi connectivity index (χ4n) is 4.17. The molecule has 1 N–H and O–H groups in total. The van der Waals surface area contributed by atoms with Gasteiger partial charge in [-0.05, 0) is 43.5 Å². The van der Waals surface area contributed by atoms with E-state index in [4.69, 9.17) is 9.84 Å². The molecule has 6 heteroatoms. The van der Waals surface area contributed by atoms with E-state index in [-0.39, 0.29) is 18.6 Å². The predicted octanol–water partition coefficient (Wildman–Crippen LogP) is 2.59. The second kappa shape index (κ2) is 9.33. The van der Waals surface area contributed by atoms with Gasteiger partial charge >= 0.3 is 5.97 Å². The molecule has 0 aromatic heterocycles. The number of carboxylic acid groups (broad SMARTS) is 1. The third kappa shape index (κ3) is 5.53. The van der Waals surface area contributed by atoms with Crippen molar-refractivity contribution in [2.45, 2.75) is 44.1 Å². The van der Waals surface area contributed by atoms with Crippen LogP contribution in [-0.4, -0.2) is 72.7 Å². The summed E-state index contributed by atoms with van der Waals surface area (Å²) in [6, 6.07) is 8.13. The maximum Gasteiger partial charge on any atom is 0.317 e. The minimum atomic E-state index is -0.862. The molecule has 1 atom stereocenters. The van der Waals surface area contributed by atoms with Gasteiger partial charge in [-0.3, -0.25) is 14.5 Å². The number of rotatable bonds is 6. The largest absolute Gasteiger partial charge is 0.480 e. The van der Waals surface area contributed by atoms with Crippen molar-refractivity contribution in [3.8, 4) is 0 Å². The second-order valence-corrected chi connectivity index (χ2v) is 7.79. The van der Waals surface area contributed by atoms with Crippen molar-refractivity contribution in [1.29, 1.82) is 0 Å². The quantitative estimate of drug-likeness (QED) is 0.829. The molecule has 0 unspecified atom stereocenters. The van der Waals surface area contributed by atoms with Crippen LogP contribution >= 0.6 is 0 Å². The summed E-state index contributed by atoms with van der Waals surface area (Å²) in [5.74, 6) is -0.195. The minimum absolute atomic E-state index is 0.0272. The van der Waals surface area contributed by atoms with E-state index in [2.05, 4.69) is 12.1 Å².